The van der Waals surface area contributed by atoms with Gasteiger partial charge in [-0.15, -0.1) is 0 Å². The molecule has 0 amide bonds. The van der Waals surface area contributed by atoms with Gasteiger partial charge in [-0.2, -0.15) is 4.39 Å². The number of hydrogen-bond donors (Lipinski definition) is 1. The van der Waals surface area contributed by atoms with Crippen LogP contribution in [0.4, 0.5) is 10.1 Å². The molecule has 0 saturated carbocycles. The van der Waals surface area contributed by atoms with Crippen LogP contribution in [-0.4, -0.2) is 29.3 Å². The maximum Gasteiger partial charge on any atom is 0.305 e. The van der Waals surface area contributed by atoms with Crippen LogP contribution in [-0.2, 0) is 25.7 Å². The SMILES string of the molecule is COc1ccc(-c2ccc(OC(C)C)cc2CCc2ccc(OC(C)C)c(O)c2)c(CCc2ccc(F)c([N+](=O)[O-])c2)c1. The predicted molar refractivity (Wildman–Crippen MR) is 166 cm³/mol. The van der Waals surface area contributed by atoms with Gasteiger partial charge in [0.15, 0.2) is 11.5 Å². The van der Waals surface area contributed by atoms with Crippen LogP contribution in [0.3, 0.4) is 0 Å². The van der Waals surface area contributed by atoms with Crippen LogP contribution in [0, 0.1) is 15.9 Å². The van der Waals surface area contributed by atoms with Crippen LogP contribution in [0.25, 0.3) is 11.1 Å². The molecule has 0 aliphatic heterocycles. The molecule has 0 fully saturated rings. The highest BCUT2D eigenvalue weighted by Gasteiger charge is 2.17. The van der Waals surface area contributed by atoms with E-state index in [1.54, 1.807) is 25.3 Å². The number of ether oxygens (including phenoxy) is 3. The zero-order valence-electron chi connectivity index (χ0n) is 25.2. The Balaban J connectivity index is 1.67. The van der Waals surface area contributed by atoms with Gasteiger partial charge in [0.25, 0.3) is 0 Å². The third kappa shape index (κ3) is 8.25. The van der Waals surface area contributed by atoms with Crippen LogP contribution >= 0.6 is 0 Å². The van der Waals surface area contributed by atoms with Gasteiger partial charge < -0.3 is 19.3 Å². The van der Waals surface area contributed by atoms with E-state index >= 15 is 0 Å². The first-order chi connectivity index (χ1) is 20.5. The highest BCUT2D eigenvalue weighted by molar-refractivity contribution is 5.73. The number of aryl methyl sites for hydroxylation is 4. The smallest absolute Gasteiger partial charge is 0.305 e. The van der Waals surface area contributed by atoms with Crippen molar-refractivity contribution in [2.45, 2.75) is 65.6 Å². The Morgan fingerprint density at radius 2 is 1.30 bits per heavy atom. The van der Waals surface area contributed by atoms with Gasteiger partial charge in [0.2, 0.25) is 5.82 Å². The van der Waals surface area contributed by atoms with Crippen LogP contribution < -0.4 is 14.2 Å². The largest absolute Gasteiger partial charge is 0.504 e. The first kappa shape index (κ1) is 31.3. The van der Waals surface area contributed by atoms with Crippen molar-refractivity contribution in [1.29, 1.82) is 0 Å². The van der Waals surface area contributed by atoms with Gasteiger partial charge in [0.1, 0.15) is 11.5 Å². The second-order valence-electron chi connectivity index (χ2n) is 11.0. The summed E-state index contributed by atoms with van der Waals surface area (Å²) in [7, 11) is 1.61. The minimum absolute atomic E-state index is 0.0143. The van der Waals surface area contributed by atoms with Crippen molar-refractivity contribution >= 4 is 5.69 Å². The number of halogens is 1. The molecule has 43 heavy (non-hydrogen) atoms. The molecule has 1 N–H and O–H groups in total. The third-order valence-electron chi connectivity index (χ3n) is 7.01. The van der Waals surface area contributed by atoms with E-state index in [2.05, 4.69) is 12.1 Å². The number of methoxy groups -OCH3 is 1. The second-order valence-corrected chi connectivity index (χ2v) is 11.0. The Labute approximate surface area is 252 Å². The molecule has 0 bridgehead atoms. The van der Waals surface area contributed by atoms with Gasteiger partial charge in [0, 0.05) is 6.07 Å². The van der Waals surface area contributed by atoms with Crippen LogP contribution in [0.5, 0.6) is 23.0 Å². The van der Waals surface area contributed by atoms with Gasteiger partial charge in [-0.25, -0.2) is 0 Å². The van der Waals surface area contributed by atoms with E-state index in [1.165, 1.54) is 6.07 Å². The fourth-order valence-electron chi connectivity index (χ4n) is 5.04. The number of hydrogen-bond acceptors (Lipinski definition) is 6. The normalized spacial score (nSPS) is 11.2. The summed E-state index contributed by atoms with van der Waals surface area (Å²) in [6, 6.07) is 21.5. The summed E-state index contributed by atoms with van der Waals surface area (Å²) in [6.45, 7) is 7.80. The van der Waals surface area contributed by atoms with Crippen LogP contribution in [0.15, 0.2) is 72.8 Å². The van der Waals surface area contributed by atoms with Crippen LogP contribution in [0.2, 0.25) is 0 Å². The number of benzene rings is 4. The lowest BCUT2D eigenvalue weighted by atomic mass is 9.90. The Hall–Kier alpha value is -4.59. The molecule has 226 valence electrons. The van der Waals surface area contributed by atoms with Gasteiger partial charge in [-0.3, -0.25) is 10.1 Å². The molecule has 0 aromatic heterocycles. The molecular weight excluding hydrogens is 549 g/mol. The summed E-state index contributed by atoms with van der Waals surface area (Å²) in [5, 5.41) is 21.8. The molecule has 8 heteroatoms. The molecule has 7 nitrogen and oxygen atoms in total. The van der Waals surface area contributed by atoms with E-state index in [0.29, 0.717) is 42.7 Å². The number of phenols is 1. The van der Waals surface area contributed by atoms with Gasteiger partial charge in [-0.05, 0) is 129 Å². The molecule has 0 radical (unpaired) electrons. The molecule has 0 spiro atoms. The van der Waals surface area contributed by atoms with Crippen molar-refractivity contribution in [2.75, 3.05) is 7.11 Å². The van der Waals surface area contributed by atoms with E-state index in [0.717, 1.165) is 39.6 Å². The lowest BCUT2D eigenvalue weighted by Gasteiger charge is -2.18. The number of phenolic OH excluding ortho intramolecular Hbond substituents is 1. The lowest BCUT2D eigenvalue weighted by molar-refractivity contribution is -0.387. The average molecular weight is 588 g/mol. The molecule has 0 unspecified atom stereocenters. The van der Waals surface area contributed by atoms with Gasteiger partial charge in [-0.1, -0.05) is 24.3 Å². The zero-order valence-corrected chi connectivity index (χ0v) is 25.2. The Morgan fingerprint density at radius 3 is 1.86 bits per heavy atom. The van der Waals surface area contributed by atoms with Crippen molar-refractivity contribution < 1.29 is 28.6 Å². The first-order valence-corrected chi connectivity index (χ1v) is 14.4. The number of nitro benzene ring substituents is 1. The summed E-state index contributed by atoms with van der Waals surface area (Å²) in [6.07, 6.45) is 2.38. The topological polar surface area (TPSA) is 91.1 Å². The van der Waals surface area contributed by atoms with Crippen LogP contribution in [0.1, 0.15) is 49.9 Å². The number of nitrogens with zero attached hydrogens (tertiary/aromatic N) is 1. The standard InChI is InChI=1S/C35H38FNO6/c1-22(2)42-29-13-15-31(27(21-29)11-7-25-9-17-35(34(38)19-25)43-23(3)4)30-14-12-28(41-5)20-26(30)10-6-24-8-16-32(36)33(18-24)37(39)40/h8-9,12-23,38H,6-7,10-11H2,1-5H3. The third-order valence-corrected chi connectivity index (χ3v) is 7.01. The summed E-state index contributed by atoms with van der Waals surface area (Å²) >= 11 is 0. The number of nitro groups is 1. The summed E-state index contributed by atoms with van der Waals surface area (Å²) in [5.41, 5.74) is 5.23. The monoisotopic (exact) mass is 587 g/mol. The van der Waals surface area contributed by atoms with E-state index in [-0.39, 0.29) is 18.0 Å². The Kier molecular flexibility index (Phi) is 10.2. The van der Waals surface area contributed by atoms with Crippen molar-refractivity contribution in [3.05, 3.63) is 111 Å². The van der Waals surface area contributed by atoms with E-state index < -0.39 is 16.4 Å². The van der Waals surface area contributed by atoms with Crippen molar-refractivity contribution in [2.24, 2.45) is 0 Å². The maximum absolute atomic E-state index is 13.9. The van der Waals surface area contributed by atoms with Crippen molar-refractivity contribution in [3.63, 3.8) is 0 Å². The summed E-state index contributed by atoms with van der Waals surface area (Å²) in [5.74, 6) is 1.19. The fourth-order valence-corrected chi connectivity index (χ4v) is 5.04. The number of aromatic hydroxyl groups is 1. The highest BCUT2D eigenvalue weighted by Crippen LogP contribution is 2.35. The molecule has 0 atom stereocenters. The minimum atomic E-state index is -0.848. The number of rotatable bonds is 13. The molecule has 4 aromatic carbocycles. The fraction of sp³-hybridized carbons (Fsp3) is 0.314. The van der Waals surface area contributed by atoms with Gasteiger partial charge in [0.05, 0.1) is 24.2 Å². The molecular formula is C35H38FNO6. The maximum atomic E-state index is 13.9. The zero-order chi connectivity index (χ0) is 31.1. The molecule has 0 aliphatic carbocycles. The predicted octanol–water partition coefficient (Wildman–Crippen LogP) is 8.26. The summed E-state index contributed by atoms with van der Waals surface area (Å²) in [4.78, 5) is 10.6. The van der Waals surface area contributed by atoms with Crippen molar-refractivity contribution in [3.8, 4) is 34.1 Å². The Bertz CT molecular complexity index is 1580. The van der Waals surface area contributed by atoms with E-state index in [9.17, 15) is 19.6 Å². The summed E-state index contributed by atoms with van der Waals surface area (Å²) < 4.78 is 31.1. The molecule has 4 aromatic rings. The molecule has 0 saturated heterocycles. The Morgan fingerprint density at radius 1 is 0.744 bits per heavy atom. The minimum Gasteiger partial charge on any atom is -0.504 e. The van der Waals surface area contributed by atoms with Gasteiger partial charge >= 0.3 is 5.69 Å². The molecule has 0 aliphatic rings. The lowest BCUT2D eigenvalue weighted by Crippen LogP contribution is -2.07. The van der Waals surface area contributed by atoms with Crippen molar-refractivity contribution in [1.82, 2.24) is 0 Å². The average Bonchev–Trinajstić information content (AvgIpc) is 2.96. The highest BCUT2D eigenvalue weighted by atomic mass is 19.1. The quantitative estimate of drug-likeness (QED) is 0.125. The second kappa shape index (κ2) is 14.1. The first-order valence-electron chi connectivity index (χ1n) is 14.4. The van der Waals surface area contributed by atoms with E-state index in [1.807, 2.05) is 58.0 Å². The molecule has 4 rings (SSSR count). The molecule has 0 heterocycles. The van der Waals surface area contributed by atoms with E-state index in [4.69, 9.17) is 14.2 Å².